The molecule has 130 valence electrons. The molecule has 9 heteroatoms. The van der Waals surface area contributed by atoms with Gasteiger partial charge in [-0.25, -0.2) is 0 Å². The van der Waals surface area contributed by atoms with Gasteiger partial charge in [-0.05, 0) is 12.8 Å². The molecule has 2 aromatic heterocycles. The maximum atomic E-state index is 12.5. The number of hydrogen-bond acceptors (Lipinski definition) is 7. The Kier molecular flexibility index (Phi) is 4.91. The van der Waals surface area contributed by atoms with Gasteiger partial charge in [0.15, 0.2) is 4.34 Å². The number of hydrogen-bond donors (Lipinski definition) is 1. The van der Waals surface area contributed by atoms with Crippen molar-refractivity contribution in [2.45, 2.75) is 62.3 Å². The van der Waals surface area contributed by atoms with Gasteiger partial charge in [0, 0.05) is 11.5 Å². The maximum Gasteiger partial charge on any atom is 0.297 e. The smallest absolute Gasteiger partial charge is 0.297 e. The van der Waals surface area contributed by atoms with Crippen molar-refractivity contribution in [2.24, 2.45) is 0 Å². The second-order valence-electron chi connectivity index (χ2n) is 7.00. The number of aromatic nitrogens is 4. The van der Waals surface area contributed by atoms with Gasteiger partial charge in [0.2, 0.25) is 10.9 Å². The lowest BCUT2D eigenvalue weighted by atomic mass is 9.93. The lowest BCUT2D eigenvalue weighted by Gasteiger charge is -2.14. The molecule has 0 saturated heterocycles. The van der Waals surface area contributed by atoms with Gasteiger partial charge in [0.1, 0.15) is 5.69 Å². The zero-order valence-corrected chi connectivity index (χ0v) is 15.7. The van der Waals surface area contributed by atoms with Crippen LogP contribution in [0.2, 0.25) is 0 Å². The van der Waals surface area contributed by atoms with Crippen LogP contribution in [-0.4, -0.2) is 37.5 Å². The highest BCUT2D eigenvalue weighted by atomic mass is 32.2. The van der Waals surface area contributed by atoms with Crippen LogP contribution in [0.5, 0.6) is 0 Å². The quantitative estimate of drug-likeness (QED) is 0.832. The van der Waals surface area contributed by atoms with E-state index in [1.807, 2.05) is 20.8 Å². The number of nitrogens with zero attached hydrogens (tertiary/aromatic N) is 4. The molecule has 1 aliphatic carbocycles. The van der Waals surface area contributed by atoms with Gasteiger partial charge in [0.25, 0.3) is 5.56 Å². The third-order valence-corrected chi connectivity index (χ3v) is 5.96. The predicted molar refractivity (Wildman–Crippen MR) is 94.8 cm³/mol. The number of fused-ring (bicyclic) bond motifs is 1. The third-order valence-electron chi connectivity index (χ3n) is 3.93. The van der Waals surface area contributed by atoms with E-state index >= 15 is 0 Å². The molecule has 1 saturated carbocycles. The van der Waals surface area contributed by atoms with Crippen molar-refractivity contribution >= 4 is 34.0 Å². The standard InChI is InChI=1S/C15H21N5O2S2/c1-15(2,3)11-12(22)20-13(18-17-11)24-14(19-20)23-8-10(21)16-9-6-4-5-7-9/h9H,4-8H2,1-3H3,(H,16,21). The van der Waals surface area contributed by atoms with E-state index in [1.54, 1.807) is 0 Å². The van der Waals surface area contributed by atoms with Crippen LogP contribution in [0, 0.1) is 0 Å². The van der Waals surface area contributed by atoms with Gasteiger partial charge in [0.05, 0.1) is 5.75 Å². The zero-order valence-electron chi connectivity index (χ0n) is 14.0. The van der Waals surface area contributed by atoms with E-state index in [9.17, 15) is 9.59 Å². The highest BCUT2D eigenvalue weighted by Crippen LogP contribution is 2.24. The Morgan fingerprint density at radius 1 is 1.33 bits per heavy atom. The van der Waals surface area contributed by atoms with Crippen molar-refractivity contribution in [1.29, 1.82) is 0 Å². The average molecular weight is 368 g/mol. The molecule has 1 aliphatic rings. The van der Waals surface area contributed by atoms with E-state index in [2.05, 4.69) is 20.6 Å². The summed E-state index contributed by atoms with van der Waals surface area (Å²) in [4.78, 5) is 24.9. The van der Waals surface area contributed by atoms with Crippen LogP contribution in [0.15, 0.2) is 9.13 Å². The van der Waals surface area contributed by atoms with E-state index in [0.29, 0.717) is 26.8 Å². The number of carbonyl (C=O) groups is 1. The minimum absolute atomic E-state index is 0.0139. The number of amides is 1. The molecule has 2 heterocycles. The molecule has 1 N–H and O–H groups in total. The summed E-state index contributed by atoms with van der Waals surface area (Å²) in [5, 5.41) is 15.5. The molecular formula is C15H21N5O2S2. The van der Waals surface area contributed by atoms with Crippen LogP contribution in [0.3, 0.4) is 0 Å². The number of thioether (sulfide) groups is 1. The Balaban J connectivity index is 1.70. The fourth-order valence-corrected chi connectivity index (χ4v) is 4.38. The van der Waals surface area contributed by atoms with Gasteiger partial charge in [-0.1, -0.05) is 56.7 Å². The van der Waals surface area contributed by atoms with E-state index in [4.69, 9.17) is 0 Å². The minimum Gasteiger partial charge on any atom is -0.353 e. The second kappa shape index (κ2) is 6.79. The molecule has 0 bridgehead atoms. The lowest BCUT2D eigenvalue weighted by molar-refractivity contribution is -0.119. The molecule has 0 radical (unpaired) electrons. The number of rotatable bonds is 4. The Hall–Kier alpha value is -1.48. The van der Waals surface area contributed by atoms with Crippen LogP contribution in [0.4, 0.5) is 0 Å². The number of nitrogens with one attached hydrogen (secondary N) is 1. The molecule has 3 rings (SSSR count). The Morgan fingerprint density at radius 3 is 2.71 bits per heavy atom. The lowest BCUT2D eigenvalue weighted by Crippen LogP contribution is -2.33. The van der Waals surface area contributed by atoms with Crippen LogP contribution >= 0.6 is 23.1 Å². The normalized spacial score (nSPS) is 16.0. The van der Waals surface area contributed by atoms with Crippen molar-refractivity contribution in [3.63, 3.8) is 0 Å². The van der Waals surface area contributed by atoms with Crippen molar-refractivity contribution in [3.05, 3.63) is 16.0 Å². The molecule has 1 fully saturated rings. The minimum atomic E-state index is -0.386. The second-order valence-corrected chi connectivity index (χ2v) is 9.18. The van der Waals surface area contributed by atoms with Crippen LogP contribution in [0.1, 0.15) is 52.1 Å². The van der Waals surface area contributed by atoms with Crippen molar-refractivity contribution in [3.8, 4) is 0 Å². The van der Waals surface area contributed by atoms with E-state index in [0.717, 1.165) is 12.8 Å². The van der Waals surface area contributed by atoms with Crippen molar-refractivity contribution in [2.75, 3.05) is 5.75 Å². The molecule has 1 amide bonds. The van der Waals surface area contributed by atoms with Crippen LogP contribution < -0.4 is 10.9 Å². The first kappa shape index (κ1) is 17.3. The Labute approximate surface area is 148 Å². The summed E-state index contributed by atoms with van der Waals surface area (Å²) < 4.78 is 1.93. The molecule has 24 heavy (non-hydrogen) atoms. The monoisotopic (exact) mass is 367 g/mol. The molecule has 0 aliphatic heterocycles. The van der Waals surface area contributed by atoms with E-state index in [1.165, 1.54) is 40.5 Å². The van der Waals surface area contributed by atoms with Gasteiger partial charge in [-0.2, -0.15) is 4.52 Å². The average Bonchev–Trinajstić information content (AvgIpc) is 3.13. The molecule has 0 spiro atoms. The van der Waals surface area contributed by atoms with Gasteiger partial charge >= 0.3 is 0 Å². The van der Waals surface area contributed by atoms with Gasteiger partial charge < -0.3 is 5.32 Å². The molecule has 2 aromatic rings. The first-order chi connectivity index (χ1) is 11.3. The fraction of sp³-hybridized carbons (Fsp3) is 0.667. The van der Waals surface area contributed by atoms with Crippen molar-refractivity contribution in [1.82, 2.24) is 25.1 Å². The summed E-state index contributed by atoms with van der Waals surface area (Å²) in [6.45, 7) is 5.75. The third kappa shape index (κ3) is 3.77. The molecule has 0 atom stereocenters. The summed E-state index contributed by atoms with van der Waals surface area (Å²) in [7, 11) is 0. The first-order valence-electron chi connectivity index (χ1n) is 8.04. The highest BCUT2D eigenvalue weighted by Gasteiger charge is 2.23. The predicted octanol–water partition coefficient (Wildman–Crippen LogP) is 1.99. The molecular weight excluding hydrogens is 346 g/mol. The Morgan fingerprint density at radius 2 is 2.04 bits per heavy atom. The fourth-order valence-electron chi connectivity index (χ4n) is 2.69. The highest BCUT2D eigenvalue weighted by molar-refractivity contribution is 8.01. The van der Waals surface area contributed by atoms with E-state index < -0.39 is 0 Å². The first-order valence-corrected chi connectivity index (χ1v) is 9.84. The van der Waals surface area contributed by atoms with Gasteiger partial charge in [-0.15, -0.1) is 15.3 Å². The molecule has 0 aromatic carbocycles. The molecule has 0 unspecified atom stereocenters. The van der Waals surface area contributed by atoms with Crippen LogP contribution in [-0.2, 0) is 10.2 Å². The topological polar surface area (TPSA) is 89.2 Å². The Bertz CT molecular complexity index is 802. The molecule has 7 nitrogen and oxygen atoms in total. The summed E-state index contributed by atoms with van der Waals surface area (Å²) in [5.41, 5.74) is -0.240. The van der Waals surface area contributed by atoms with Crippen molar-refractivity contribution < 1.29 is 4.79 Å². The largest absolute Gasteiger partial charge is 0.353 e. The maximum absolute atomic E-state index is 12.5. The summed E-state index contributed by atoms with van der Waals surface area (Å²) >= 11 is 2.60. The van der Waals surface area contributed by atoms with Crippen LogP contribution in [0.25, 0.3) is 4.96 Å². The van der Waals surface area contributed by atoms with Gasteiger partial charge in [-0.3, -0.25) is 9.59 Å². The summed E-state index contributed by atoms with van der Waals surface area (Å²) in [5.74, 6) is 0.310. The zero-order chi connectivity index (χ0) is 17.3. The summed E-state index contributed by atoms with van der Waals surface area (Å²) in [6, 6.07) is 0.316. The SMILES string of the molecule is CC(C)(C)c1nnc2sc(SCC(=O)NC3CCCC3)nn2c1=O. The summed E-state index contributed by atoms with van der Waals surface area (Å²) in [6.07, 6.45) is 4.51. The van der Waals surface area contributed by atoms with E-state index in [-0.39, 0.29) is 16.9 Å². The number of carbonyl (C=O) groups excluding carboxylic acids is 1.